The van der Waals surface area contributed by atoms with Gasteiger partial charge in [0.2, 0.25) is 0 Å². The third kappa shape index (κ3) is 3.72. The van der Waals surface area contributed by atoms with Gasteiger partial charge in [-0.3, -0.25) is 0 Å². The maximum Gasteiger partial charge on any atom is 0.127 e. The molecular formula is C14H21ClN2O. The van der Waals surface area contributed by atoms with Gasteiger partial charge in [0.15, 0.2) is 0 Å². The van der Waals surface area contributed by atoms with Crippen LogP contribution in [0.25, 0.3) is 0 Å². The van der Waals surface area contributed by atoms with E-state index in [0.717, 1.165) is 29.7 Å². The number of nitrogens with one attached hydrogen (secondary N) is 2. The first-order valence-electron chi connectivity index (χ1n) is 6.31. The van der Waals surface area contributed by atoms with Crippen LogP contribution in [0.4, 0.5) is 5.69 Å². The summed E-state index contributed by atoms with van der Waals surface area (Å²) < 4.78 is 5.64. The third-order valence-corrected chi connectivity index (χ3v) is 3.24. The molecule has 0 radical (unpaired) electrons. The van der Waals surface area contributed by atoms with Crippen LogP contribution < -0.4 is 5.32 Å². The van der Waals surface area contributed by atoms with Crippen LogP contribution in [0.1, 0.15) is 37.8 Å². The van der Waals surface area contributed by atoms with Gasteiger partial charge >= 0.3 is 0 Å². The van der Waals surface area contributed by atoms with Crippen molar-refractivity contribution in [2.45, 2.75) is 39.8 Å². The molecule has 1 unspecified atom stereocenters. The molecule has 1 aromatic rings. The number of halogens is 1. The first-order valence-corrected chi connectivity index (χ1v) is 6.69. The van der Waals surface area contributed by atoms with E-state index in [4.69, 9.17) is 21.7 Å². The Morgan fingerprint density at radius 1 is 1.44 bits per heavy atom. The molecule has 0 heterocycles. The van der Waals surface area contributed by atoms with E-state index >= 15 is 0 Å². The Kier molecular flexibility index (Phi) is 6.16. The summed E-state index contributed by atoms with van der Waals surface area (Å²) in [6.45, 7) is 6.70. The quantitative estimate of drug-likeness (QED) is 0.574. The van der Waals surface area contributed by atoms with Gasteiger partial charge < -0.3 is 15.5 Å². The zero-order valence-electron chi connectivity index (χ0n) is 11.2. The van der Waals surface area contributed by atoms with Crippen LogP contribution in [-0.2, 0) is 4.74 Å². The standard InChI is InChI=1S/C14H21ClN2O/c1-4-6-14(18-5-2)17-13-8-7-12(15)10(3)11(13)9-16/h7-9,14,16-17H,4-6H2,1-3H3. The lowest BCUT2D eigenvalue weighted by Crippen LogP contribution is -2.23. The lowest BCUT2D eigenvalue weighted by atomic mass is 10.1. The molecule has 2 N–H and O–H groups in total. The largest absolute Gasteiger partial charge is 0.360 e. The van der Waals surface area contributed by atoms with E-state index in [1.165, 1.54) is 6.21 Å². The monoisotopic (exact) mass is 268 g/mol. The van der Waals surface area contributed by atoms with E-state index in [1.807, 2.05) is 26.0 Å². The number of hydrogen-bond donors (Lipinski definition) is 2. The highest BCUT2D eigenvalue weighted by molar-refractivity contribution is 6.31. The summed E-state index contributed by atoms with van der Waals surface area (Å²) in [5.41, 5.74) is 2.64. The van der Waals surface area contributed by atoms with E-state index in [-0.39, 0.29) is 6.23 Å². The summed E-state index contributed by atoms with van der Waals surface area (Å²) in [7, 11) is 0. The van der Waals surface area contributed by atoms with E-state index in [0.29, 0.717) is 11.6 Å². The minimum Gasteiger partial charge on any atom is -0.360 e. The van der Waals surface area contributed by atoms with Crippen molar-refractivity contribution in [3.63, 3.8) is 0 Å². The molecule has 0 aromatic heterocycles. The van der Waals surface area contributed by atoms with Crippen molar-refractivity contribution in [3.8, 4) is 0 Å². The predicted octanol–water partition coefficient (Wildman–Crippen LogP) is 4.22. The highest BCUT2D eigenvalue weighted by atomic mass is 35.5. The summed E-state index contributed by atoms with van der Waals surface area (Å²) in [5, 5.41) is 11.5. The molecule has 1 rings (SSSR count). The van der Waals surface area contributed by atoms with Gasteiger partial charge in [-0.05, 0) is 38.0 Å². The van der Waals surface area contributed by atoms with Gasteiger partial charge in [-0.2, -0.15) is 0 Å². The zero-order chi connectivity index (χ0) is 13.5. The Bertz CT molecular complexity index is 401. The summed E-state index contributed by atoms with van der Waals surface area (Å²) >= 11 is 6.06. The number of anilines is 1. The molecule has 0 saturated carbocycles. The molecule has 18 heavy (non-hydrogen) atoms. The second kappa shape index (κ2) is 7.39. The van der Waals surface area contributed by atoms with Crippen molar-refractivity contribution in [3.05, 3.63) is 28.3 Å². The van der Waals surface area contributed by atoms with Gasteiger partial charge in [0.05, 0.1) is 0 Å². The summed E-state index contributed by atoms with van der Waals surface area (Å²) in [6.07, 6.45) is 3.30. The van der Waals surface area contributed by atoms with Gasteiger partial charge in [-0.15, -0.1) is 0 Å². The third-order valence-electron chi connectivity index (χ3n) is 2.83. The summed E-state index contributed by atoms with van der Waals surface area (Å²) in [5.74, 6) is 0. The Morgan fingerprint density at radius 3 is 2.72 bits per heavy atom. The van der Waals surface area contributed by atoms with Crippen LogP contribution in [0.5, 0.6) is 0 Å². The minimum atomic E-state index is -0.0146. The van der Waals surface area contributed by atoms with E-state index in [9.17, 15) is 0 Å². The first-order chi connectivity index (χ1) is 8.63. The Morgan fingerprint density at radius 2 is 2.17 bits per heavy atom. The SMILES string of the molecule is CCCC(Nc1ccc(Cl)c(C)c1C=N)OCC. The van der Waals surface area contributed by atoms with Gasteiger partial charge in [0.1, 0.15) is 6.23 Å². The highest BCUT2D eigenvalue weighted by Gasteiger charge is 2.11. The van der Waals surface area contributed by atoms with Crippen LogP contribution in [0.2, 0.25) is 5.02 Å². The van der Waals surface area contributed by atoms with Crippen molar-refractivity contribution in [2.75, 3.05) is 11.9 Å². The van der Waals surface area contributed by atoms with Gasteiger partial charge in [0.25, 0.3) is 0 Å². The van der Waals surface area contributed by atoms with Gasteiger partial charge in [-0.25, -0.2) is 0 Å². The van der Waals surface area contributed by atoms with E-state index in [1.54, 1.807) is 0 Å². The topological polar surface area (TPSA) is 45.1 Å². The minimum absolute atomic E-state index is 0.0146. The van der Waals surface area contributed by atoms with Crippen molar-refractivity contribution in [2.24, 2.45) is 0 Å². The molecule has 100 valence electrons. The normalized spacial score (nSPS) is 12.2. The maximum atomic E-state index is 7.51. The Balaban J connectivity index is 2.94. The zero-order valence-corrected chi connectivity index (χ0v) is 12.0. The average Bonchev–Trinajstić information content (AvgIpc) is 2.35. The number of rotatable bonds is 7. The Labute approximate surface area is 114 Å². The van der Waals surface area contributed by atoms with Crippen molar-refractivity contribution in [1.29, 1.82) is 5.41 Å². The fraction of sp³-hybridized carbons (Fsp3) is 0.500. The summed E-state index contributed by atoms with van der Waals surface area (Å²) in [4.78, 5) is 0. The first kappa shape index (κ1) is 15.0. The molecule has 1 aromatic carbocycles. The second-order valence-corrected chi connectivity index (χ2v) is 4.56. The molecule has 0 spiro atoms. The lowest BCUT2D eigenvalue weighted by Gasteiger charge is -2.21. The van der Waals surface area contributed by atoms with Crippen LogP contribution in [-0.4, -0.2) is 19.0 Å². The number of hydrogen-bond acceptors (Lipinski definition) is 3. The molecule has 0 bridgehead atoms. The smallest absolute Gasteiger partial charge is 0.127 e. The molecule has 0 aliphatic rings. The van der Waals surface area contributed by atoms with Crippen LogP contribution in [0.15, 0.2) is 12.1 Å². The van der Waals surface area contributed by atoms with Crippen LogP contribution in [0, 0.1) is 12.3 Å². The predicted molar refractivity (Wildman–Crippen MR) is 78.0 cm³/mol. The number of ether oxygens (including phenoxy) is 1. The average molecular weight is 269 g/mol. The van der Waals surface area contributed by atoms with Gasteiger partial charge in [0, 0.05) is 29.1 Å². The number of benzene rings is 1. The molecule has 3 nitrogen and oxygen atoms in total. The summed E-state index contributed by atoms with van der Waals surface area (Å²) in [6, 6.07) is 3.75. The highest BCUT2D eigenvalue weighted by Crippen LogP contribution is 2.26. The van der Waals surface area contributed by atoms with Crippen LogP contribution in [0.3, 0.4) is 0 Å². The van der Waals surface area contributed by atoms with Gasteiger partial charge in [-0.1, -0.05) is 24.9 Å². The molecule has 0 saturated heterocycles. The molecule has 0 fully saturated rings. The maximum absolute atomic E-state index is 7.51. The molecule has 0 aliphatic carbocycles. The second-order valence-electron chi connectivity index (χ2n) is 4.15. The fourth-order valence-electron chi connectivity index (χ4n) is 1.85. The Hall–Kier alpha value is -1.06. The van der Waals surface area contributed by atoms with Crippen LogP contribution >= 0.6 is 11.6 Å². The van der Waals surface area contributed by atoms with Crippen molar-refractivity contribution >= 4 is 23.5 Å². The molecule has 4 heteroatoms. The van der Waals surface area contributed by atoms with E-state index < -0.39 is 0 Å². The lowest BCUT2D eigenvalue weighted by molar-refractivity contribution is 0.0762. The van der Waals surface area contributed by atoms with E-state index in [2.05, 4.69) is 12.2 Å². The van der Waals surface area contributed by atoms with Crippen molar-refractivity contribution < 1.29 is 4.74 Å². The van der Waals surface area contributed by atoms with Crippen molar-refractivity contribution in [1.82, 2.24) is 0 Å². The molecular weight excluding hydrogens is 248 g/mol. The molecule has 0 aliphatic heterocycles. The fourth-order valence-corrected chi connectivity index (χ4v) is 2.01. The molecule has 0 amide bonds. The molecule has 1 atom stereocenters.